The van der Waals surface area contributed by atoms with Gasteiger partial charge in [-0.15, -0.1) is 0 Å². The Bertz CT molecular complexity index is 1810. The summed E-state index contributed by atoms with van der Waals surface area (Å²) in [5, 5.41) is 11.3. The molecule has 9 nitrogen and oxygen atoms in total. The van der Waals surface area contributed by atoms with Crippen molar-refractivity contribution in [1.82, 2.24) is 4.57 Å². The second kappa shape index (κ2) is 11.5. The molecule has 1 aromatic heterocycles. The Morgan fingerprint density at radius 3 is 2.60 bits per heavy atom. The van der Waals surface area contributed by atoms with E-state index < -0.39 is 16.9 Å². The van der Waals surface area contributed by atoms with Gasteiger partial charge in [0.05, 0.1) is 38.9 Å². The average molecular weight is 556 g/mol. The molecule has 1 unspecified atom stereocenters. The molecule has 40 heavy (non-hydrogen) atoms. The van der Waals surface area contributed by atoms with Crippen LogP contribution in [0, 0.1) is 10.1 Å². The molecule has 5 rings (SSSR count). The van der Waals surface area contributed by atoms with Crippen LogP contribution in [0.25, 0.3) is 6.08 Å². The van der Waals surface area contributed by atoms with Gasteiger partial charge in [0.25, 0.3) is 11.2 Å². The summed E-state index contributed by atoms with van der Waals surface area (Å²) in [4.78, 5) is 42.7. The molecular weight excluding hydrogens is 530 g/mol. The zero-order valence-electron chi connectivity index (χ0n) is 21.8. The molecule has 1 aliphatic heterocycles. The number of hydrogen-bond donors (Lipinski definition) is 0. The first kappa shape index (κ1) is 26.8. The highest BCUT2D eigenvalue weighted by Crippen LogP contribution is 2.30. The van der Waals surface area contributed by atoms with Crippen LogP contribution in [-0.2, 0) is 16.1 Å². The number of nitro benzene ring substituents is 1. The minimum atomic E-state index is -0.671. The Morgan fingerprint density at radius 2 is 1.85 bits per heavy atom. The Labute approximate surface area is 233 Å². The first-order chi connectivity index (χ1) is 19.4. The van der Waals surface area contributed by atoms with Gasteiger partial charge < -0.3 is 9.47 Å². The maximum atomic E-state index is 13.7. The van der Waals surface area contributed by atoms with Gasteiger partial charge in [-0.05, 0) is 49.2 Å². The fraction of sp³-hybridized carbons (Fsp3) is 0.167. The van der Waals surface area contributed by atoms with E-state index in [-0.39, 0.29) is 24.5 Å². The van der Waals surface area contributed by atoms with E-state index in [1.54, 1.807) is 60.9 Å². The molecule has 0 bridgehead atoms. The molecule has 0 amide bonds. The molecule has 1 aliphatic rings. The lowest BCUT2D eigenvalue weighted by molar-refractivity contribution is -0.385. The van der Waals surface area contributed by atoms with Crippen molar-refractivity contribution < 1.29 is 19.2 Å². The maximum absolute atomic E-state index is 13.7. The number of thiazole rings is 1. The van der Waals surface area contributed by atoms with Crippen molar-refractivity contribution in [3.63, 3.8) is 0 Å². The summed E-state index contributed by atoms with van der Waals surface area (Å²) in [6.07, 6.45) is 1.74. The molecule has 0 spiro atoms. The van der Waals surface area contributed by atoms with E-state index in [1.807, 2.05) is 36.4 Å². The predicted molar refractivity (Wildman–Crippen MR) is 151 cm³/mol. The highest BCUT2D eigenvalue weighted by atomic mass is 32.1. The molecule has 1 atom stereocenters. The van der Waals surface area contributed by atoms with Crippen LogP contribution in [0.15, 0.2) is 99.9 Å². The van der Waals surface area contributed by atoms with Crippen molar-refractivity contribution in [2.75, 3.05) is 6.61 Å². The Kier molecular flexibility index (Phi) is 7.70. The Morgan fingerprint density at radius 1 is 1.10 bits per heavy atom. The maximum Gasteiger partial charge on any atom is 0.338 e. The van der Waals surface area contributed by atoms with E-state index in [1.165, 1.54) is 17.4 Å². The number of hydrogen-bond acceptors (Lipinski definition) is 8. The lowest BCUT2D eigenvalue weighted by Gasteiger charge is -2.24. The SMILES string of the molecule is CCOC(=O)C1=C(C)N=c2s/c(=C\c3cccc(OCc4ccccc4[N+](=O)[O-])c3)c(=O)n2C1c1ccccc1. The molecule has 4 aromatic rings. The highest BCUT2D eigenvalue weighted by molar-refractivity contribution is 7.07. The van der Waals surface area contributed by atoms with Crippen molar-refractivity contribution in [3.05, 3.63) is 137 Å². The number of carbonyl (C=O) groups excluding carboxylic acids is 1. The lowest BCUT2D eigenvalue weighted by Crippen LogP contribution is -2.39. The summed E-state index contributed by atoms with van der Waals surface area (Å²) in [5.41, 5.74) is 2.49. The summed E-state index contributed by atoms with van der Waals surface area (Å²) in [5.74, 6) is -0.00216. The van der Waals surface area contributed by atoms with Gasteiger partial charge in [-0.2, -0.15) is 0 Å². The number of nitro groups is 1. The summed E-state index contributed by atoms with van der Waals surface area (Å²) in [7, 11) is 0. The van der Waals surface area contributed by atoms with E-state index in [4.69, 9.17) is 9.47 Å². The fourth-order valence-electron chi connectivity index (χ4n) is 4.56. The molecule has 0 N–H and O–H groups in total. The standard InChI is InChI=1S/C30H25N3O6S/c1-3-38-29(35)26-19(2)31-30-32(27(26)21-11-5-4-6-12-21)28(34)25(40-30)17-20-10-9-14-23(16-20)39-18-22-13-7-8-15-24(22)33(36)37/h4-17,27H,3,18H2,1-2H3/b25-17-. The number of aromatic nitrogens is 1. The van der Waals surface area contributed by atoms with Crippen LogP contribution in [0.1, 0.15) is 36.6 Å². The van der Waals surface area contributed by atoms with Gasteiger partial charge in [-0.1, -0.05) is 65.9 Å². The van der Waals surface area contributed by atoms with Crippen LogP contribution in [0.2, 0.25) is 0 Å². The van der Waals surface area contributed by atoms with Crippen LogP contribution in [0.4, 0.5) is 5.69 Å². The second-order valence-corrected chi connectivity index (χ2v) is 9.97. The van der Waals surface area contributed by atoms with E-state index >= 15 is 0 Å². The third-order valence-corrected chi connectivity index (χ3v) is 7.35. The van der Waals surface area contributed by atoms with Gasteiger partial charge in [0.2, 0.25) is 0 Å². The molecule has 202 valence electrons. The van der Waals surface area contributed by atoms with E-state index in [0.717, 1.165) is 5.56 Å². The Hall–Kier alpha value is -4.83. The fourth-order valence-corrected chi connectivity index (χ4v) is 5.61. The van der Waals surface area contributed by atoms with E-state index in [0.29, 0.717) is 37.5 Å². The van der Waals surface area contributed by atoms with Crippen molar-refractivity contribution in [2.24, 2.45) is 4.99 Å². The number of esters is 1. The van der Waals surface area contributed by atoms with Gasteiger partial charge in [-0.3, -0.25) is 19.5 Å². The number of ether oxygens (including phenoxy) is 2. The quantitative estimate of drug-likeness (QED) is 0.182. The third kappa shape index (κ3) is 5.34. The first-order valence-electron chi connectivity index (χ1n) is 12.6. The first-order valence-corrected chi connectivity index (χ1v) is 13.4. The van der Waals surface area contributed by atoms with Crippen LogP contribution in [-0.4, -0.2) is 22.1 Å². The zero-order valence-corrected chi connectivity index (χ0v) is 22.6. The molecule has 0 radical (unpaired) electrons. The Balaban J connectivity index is 1.52. The van der Waals surface area contributed by atoms with E-state index in [9.17, 15) is 19.7 Å². The molecule has 0 aliphatic carbocycles. The molecule has 0 fully saturated rings. The third-order valence-electron chi connectivity index (χ3n) is 6.37. The summed E-state index contributed by atoms with van der Waals surface area (Å²) >= 11 is 1.23. The summed E-state index contributed by atoms with van der Waals surface area (Å²) < 4.78 is 13.1. The van der Waals surface area contributed by atoms with Gasteiger partial charge in [-0.25, -0.2) is 9.79 Å². The second-order valence-electron chi connectivity index (χ2n) is 8.96. The number of benzene rings is 3. The topological polar surface area (TPSA) is 113 Å². The van der Waals surface area contributed by atoms with Crippen LogP contribution in [0.5, 0.6) is 5.75 Å². The van der Waals surface area contributed by atoms with Crippen molar-refractivity contribution in [1.29, 1.82) is 0 Å². The normalized spacial score (nSPS) is 14.8. The molecular formula is C30H25N3O6S. The van der Waals surface area contributed by atoms with Gasteiger partial charge in [0.1, 0.15) is 12.4 Å². The predicted octanol–water partition coefficient (Wildman–Crippen LogP) is 4.29. The zero-order chi connectivity index (χ0) is 28.2. The molecule has 0 saturated heterocycles. The minimum Gasteiger partial charge on any atom is -0.489 e. The van der Waals surface area contributed by atoms with Gasteiger partial charge >= 0.3 is 5.97 Å². The minimum absolute atomic E-state index is 0.00906. The van der Waals surface area contributed by atoms with Crippen molar-refractivity contribution in [2.45, 2.75) is 26.5 Å². The molecule has 3 aromatic carbocycles. The molecule has 2 heterocycles. The number of fused-ring (bicyclic) bond motifs is 1. The average Bonchev–Trinajstić information content (AvgIpc) is 3.25. The molecule has 0 saturated carbocycles. The highest BCUT2D eigenvalue weighted by Gasteiger charge is 2.33. The van der Waals surface area contributed by atoms with Gasteiger partial charge in [0, 0.05) is 6.07 Å². The number of allylic oxidation sites excluding steroid dienone is 1. The van der Waals surface area contributed by atoms with Crippen LogP contribution in [0.3, 0.4) is 0 Å². The van der Waals surface area contributed by atoms with E-state index in [2.05, 4.69) is 4.99 Å². The van der Waals surface area contributed by atoms with Gasteiger partial charge in [0.15, 0.2) is 4.80 Å². The molecule has 10 heteroatoms. The summed E-state index contributed by atoms with van der Waals surface area (Å²) in [6.45, 7) is 3.71. The van der Waals surface area contributed by atoms with Crippen LogP contribution < -0.4 is 19.6 Å². The van der Waals surface area contributed by atoms with Crippen LogP contribution >= 0.6 is 11.3 Å². The number of rotatable bonds is 8. The lowest BCUT2D eigenvalue weighted by atomic mass is 9.96. The summed E-state index contributed by atoms with van der Waals surface area (Å²) in [6, 6.07) is 22.2. The monoisotopic (exact) mass is 555 g/mol. The van der Waals surface area contributed by atoms with Crippen molar-refractivity contribution >= 4 is 29.1 Å². The number of carbonyl (C=O) groups is 1. The largest absolute Gasteiger partial charge is 0.489 e. The van der Waals surface area contributed by atoms with Crippen molar-refractivity contribution in [3.8, 4) is 5.75 Å². The number of para-hydroxylation sites is 1. The number of nitrogens with zero attached hydrogens (tertiary/aromatic N) is 3. The smallest absolute Gasteiger partial charge is 0.338 e.